The SMILES string of the molecule is CCNC(=NCc1ccc(C(=O)N(C)C)cc1)NCCN1CCCCC1CC.I. The van der Waals surface area contributed by atoms with Gasteiger partial charge in [0.2, 0.25) is 0 Å². The molecule has 1 aromatic rings. The molecule has 164 valence electrons. The van der Waals surface area contributed by atoms with Crippen molar-refractivity contribution in [1.82, 2.24) is 20.4 Å². The molecule has 0 radical (unpaired) electrons. The van der Waals surface area contributed by atoms with Gasteiger partial charge in [-0.1, -0.05) is 25.5 Å². The summed E-state index contributed by atoms with van der Waals surface area (Å²) in [5.74, 6) is 0.870. The third kappa shape index (κ3) is 8.50. The van der Waals surface area contributed by atoms with Crippen molar-refractivity contribution in [3.63, 3.8) is 0 Å². The summed E-state index contributed by atoms with van der Waals surface area (Å²) in [5.41, 5.74) is 1.80. The highest BCUT2D eigenvalue weighted by molar-refractivity contribution is 14.0. The van der Waals surface area contributed by atoms with E-state index in [1.54, 1.807) is 19.0 Å². The van der Waals surface area contributed by atoms with Crippen molar-refractivity contribution < 1.29 is 4.79 Å². The van der Waals surface area contributed by atoms with Crippen LogP contribution in [0.5, 0.6) is 0 Å². The minimum absolute atomic E-state index is 0. The molecule has 0 aliphatic carbocycles. The maximum atomic E-state index is 12.0. The Hall–Kier alpha value is -1.35. The highest BCUT2D eigenvalue weighted by Gasteiger charge is 2.19. The van der Waals surface area contributed by atoms with Crippen LogP contribution in [-0.2, 0) is 6.54 Å². The van der Waals surface area contributed by atoms with Gasteiger partial charge < -0.3 is 15.5 Å². The van der Waals surface area contributed by atoms with Crippen molar-refractivity contribution in [3.05, 3.63) is 35.4 Å². The third-order valence-electron chi connectivity index (χ3n) is 5.28. The molecule has 6 nitrogen and oxygen atoms in total. The van der Waals surface area contributed by atoms with Gasteiger partial charge in [-0.3, -0.25) is 9.69 Å². The van der Waals surface area contributed by atoms with Crippen molar-refractivity contribution in [3.8, 4) is 0 Å². The number of rotatable bonds is 8. The highest BCUT2D eigenvalue weighted by Crippen LogP contribution is 2.18. The smallest absolute Gasteiger partial charge is 0.253 e. The molecule has 1 atom stereocenters. The number of guanidine groups is 1. The van der Waals surface area contributed by atoms with Crippen LogP contribution in [-0.4, -0.2) is 68.0 Å². The topological polar surface area (TPSA) is 60.0 Å². The van der Waals surface area contributed by atoms with Gasteiger partial charge in [-0.05, 0) is 50.4 Å². The number of carbonyl (C=O) groups is 1. The maximum absolute atomic E-state index is 12.0. The molecule has 2 N–H and O–H groups in total. The third-order valence-corrected chi connectivity index (χ3v) is 5.28. The van der Waals surface area contributed by atoms with E-state index >= 15 is 0 Å². The van der Waals surface area contributed by atoms with Crippen LogP contribution >= 0.6 is 24.0 Å². The van der Waals surface area contributed by atoms with E-state index in [-0.39, 0.29) is 29.9 Å². The van der Waals surface area contributed by atoms with Gasteiger partial charge in [0.15, 0.2) is 5.96 Å². The Labute approximate surface area is 193 Å². The zero-order valence-corrected chi connectivity index (χ0v) is 20.7. The summed E-state index contributed by atoms with van der Waals surface area (Å²) >= 11 is 0. The molecule has 2 rings (SSSR count). The second-order valence-corrected chi connectivity index (χ2v) is 7.61. The zero-order chi connectivity index (χ0) is 20.4. The average molecular weight is 515 g/mol. The summed E-state index contributed by atoms with van der Waals surface area (Å²) in [6.45, 7) is 8.97. The van der Waals surface area contributed by atoms with E-state index in [9.17, 15) is 4.79 Å². The Bertz CT molecular complexity index is 633. The van der Waals surface area contributed by atoms with Crippen LogP contribution in [0.3, 0.4) is 0 Å². The van der Waals surface area contributed by atoms with Gasteiger partial charge in [-0.25, -0.2) is 4.99 Å². The van der Waals surface area contributed by atoms with Crippen LogP contribution in [0.15, 0.2) is 29.3 Å². The first-order valence-corrected chi connectivity index (χ1v) is 10.6. The van der Waals surface area contributed by atoms with E-state index < -0.39 is 0 Å². The number of carbonyl (C=O) groups excluding carboxylic acids is 1. The van der Waals surface area contributed by atoms with Gasteiger partial charge in [-0.15, -0.1) is 24.0 Å². The standard InChI is InChI=1S/C22H37N5O.HI/c1-5-20-9-7-8-15-27(20)16-14-24-22(23-6-2)25-17-18-10-12-19(13-11-18)21(28)26(3)4;/h10-13,20H,5-9,14-17H2,1-4H3,(H2,23,24,25);1H. The van der Waals surface area contributed by atoms with E-state index in [0.717, 1.165) is 37.2 Å². The summed E-state index contributed by atoms with van der Waals surface area (Å²) in [7, 11) is 3.53. The zero-order valence-electron chi connectivity index (χ0n) is 18.4. The second-order valence-electron chi connectivity index (χ2n) is 7.61. The normalized spacial score (nSPS) is 17.4. The molecule has 0 saturated carbocycles. The molecule has 0 spiro atoms. The fourth-order valence-electron chi connectivity index (χ4n) is 3.66. The first-order valence-electron chi connectivity index (χ1n) is 10.6. The highest BCUT2D eigenvalue weighted by atomic mass is 127. The minimum atomic E-state index is 0. The van der Waals surface area contributed by atoms with E-state index in [1.165, 1.54) is 32.2 Å². The van der Waals surface area contributed by atoms with Gasteiger partial charge in [0.05, 0.1) is 6.54 Å². The summed E-state index contributed by atoms with van der Waals surface area (Å²) in [5, 5.41) is 6.78. The van der Waals surface area contributed by atoms with E-state index in [2.05, 4.69) is 29.4 Å². The molecule has 1 aromatic carbocycles. The predicted molar refractivity (Wildman–Crippen MR) is 132 cm³/mol. The number of nitrogens with zero attached hydrogens (tertiary/aromatic N) is 3. The molecular formula is C22H38IN5O. The number of amides is 1. The van der Waals surface area contributed by atoms with Crippen LogP contribution in [0.4, 0.5) is 0 Å². The Morgan fingerprint density at radius 1 is 1.17 bits per heavy atom. The summed E-state index contributed by atoms with van der Waals surface area (Å²) < 4.78 is 0. The van der Waals surface area contributed by atoms with Gasteiger partial charge in [0.1, 0.15) is 0 Å². The summed E-state index contributed by atoms with van der Waals surface area (Å²) in [6.07, 6.45) is 5.25. The van der Waals surface area contributed by atoms with Crippen LogP contribution in [0, 0.1) is 0 Å². The molecule has 1 amide bonds. The van der Waals surface area contributed by atoms with Crippen molar-refractivity contribution in [2.75, 3.05) is 40.3 Å². The largest absolute Gasteiger partial charge is 0.357 e. The Morgan fingerprint density at radius 2 is 1.90 bits per heavy atom. The number of piperidine rings is 1. The lowest BCUT2D eigenvalue weighted by Crippen LogP contribution is -2.45. The average Bonchev–Trinajstić information content (AvgIpc) is 2.72. The number of hydrogen-bond donors (Lipinski definition) is 2. The fourth-order valence-corrected chi connectivity index (χ4v) is 3.66. The van der Waals surface area contributed by atoms with Crippen molar-refractivity contribution in [2.45, 2.75) is 52.1 Å². The molecule has 29 heavy (non-hydrogen) atoms. The first-order chi connectivity index (χ1) is 13.5. The quantitative estimate of drug-likeness (QED) is 0.317. The van der Waals surface area contributed by atoms with Crippen LogP contribution in [0.1, 0.15) is 55.5 Å². The number of nitrogens with one attached hydrogen (secondary N) is 2. The molecule has 0 aromatic heterocycles. The molecule has 1 heterocycles. The van der Waals surface area contributed by atoms with Crippen LogP contribution in [0.25, 0.3) is 0 Å². The number of hydrogen-bond acceptors (Lipinski definition) is 3. The Morgan fingerprint density at radius 3 is 2.52 bits per heavy atom. The molecule has 1 saturated heterocycles. The lowest BCUT2D eigenvalue weighted by molar-refractivity contribution is 0.0827. The van der Waals surface area contributed by atoms with Gasteiger partial charge in [0, 0.05) is 45.3 Å². The van der Waals surface area contributed by atoms with Gasteiger partial charge >= 0.3 is 0 Å². The maximum Gasteiger partial charge on any atom is 0.253 e. The molecule has 1 aliphatic rings. The minimum Gasteiger partial charge on any atom is -0.357 e. The predicted octanol–water partition coefficient (Wildman–Crippen LogP) is 3.33. The summed E-state index contributed by atoms with van der Waals surface area (Å²) in [4.78, 5) is 20.9. The monoisotopic (exact) mass is 515 g/mol. The summed E-state index contributed by atoms with van der Waals surface area (Å²) in [6, 6.07) is 8.43. The van der Waals surface area contributed by atoms with Crippen molar-refractivity contribution in [1.29, 1.82) is 0 Å². The lowest BCUT2D eigenvalue weighted by Gasteiger charge is -2.35. The first kappa shape index (κ1) is 25.7. The van der Waals surface area contributed by atoms with E-state index in [0.29, 0.717) is 12.1 Å². The van der Waals surface area contributed by atoms with Crippen LogP contribution < -0.4 is 10.6 Å². The van der Waals surface area contributed by atoms with Crippen molar-refractivity contribution >= 4 is 35.8 Å². The van der Waals surface area contributed by atoms with E-state index in [1.807, 2.05) is 24.3 Å². The molecule has 0 bridgehead atoms. The second kappa shape index (κ2) is 13.8. The molecule has 1 fully saturated rings. The molecule has 1 aliphatic heterocycles. The number of aliphatic imine (C=N–C) groups is 1. The Balaban J connectivity index is 0.00000420. The van der Waals surface area contributed by atoms with E-state index in [4.69, 9.17) is 4.99 Å². The molecular weight excluding hydrogens is 477 g/mol. The Kier molecular flexibility index (Phi) is 12.2. The number of likely N-dealkylation sites (tertiary alicyclic amines) is 1. The van der Waals surface area contributed by atoms with Gasteiger partial charge in [-0.2, -0.15) is 0 Å². The van der Waals surface area contributed by atoms with Crippen LogP contribution in [0.2, 0.25) is 0 Å². The van der Waals surface area contributed by atoms with Gasteiger partial charge in [0.25, 0.3) is 5.91 Å². The van der Waals surface area contributed by atoms with Crippen molar-refractivity contribution in [2.24, 2.45) is 4.99 Å². The molecule has 1 unspecified atom stereocenters. The number of halogens is 1. The fraction of sp³-hybridized carbons (Fsp3) is 0.636. The number of benzene rings is 1. The lowest BCUT2D eigenvalue weighted by atomic mass is 10.0. The molecule has 7 heteroatoms.